The first-order valence-corrected chi connectivity index (χ1v) is 7.02. The first-order chi connectivity index (χ1) is 11.3. The fourth-order valence-corrected chi connectivity index (χ4v) is 2.10. The molecule has 1 N–H and O–H groups in total. The molecule has 0 saturated heterocycles. The van der Waals surface area contributed by atoms with E-state index in [1.54, 1.807) is 18.3 Å². The second-order valence-corrected chi connectivity index (χ2v) is 4.82. The van der Waals surface area contributed by atoms with E-state index in [1.807, 2.05) is 54.4 Å². The molecule has 1 heterocycles. The van der Waals surface area contributed by atoms with Gasteiger partial charge in [-0.25, -0.2) is 0 Å². The minimum absolute atomic E-state index is 0.341. The minimum Gasteiger partial charge on any atom is -0.328 e. The number of para-hydroxylation sites is 2. The van der Waals surface area contributed by atoms with Crippen molar-refractivity contribution < 1.29 is 0 Å². The molecule has 23 heavy (non-hydrogen) atoms. The number of aromatic nitrogens is 3. The normalized spacial score (nSPS) is 9.91. The van der Waals surface area contributed by atoms with Crippen molar-refractivity contribution in [1.82, 2.24) is 15.2 Å². The maximum Gasteiger partial charge on any atom is 0.249 e. The van der Waals surface area contributed by atoms with E-state index < -0.39 is 0 Å². The van der Waals surface area contributed by atoms with Crippen LogP contribution < -0.4 is 10.2 Å². The number of benzene rings is 2. The van der Waals surface area contributed by atoms with E-state index in [1.165, 1.54) is 0 Å². The molecule has 2 aromatic carbocycles. The van der Waals surface area contributed by atoms with E-state index >= 15 is 0 Å². The van der Waals surface area contributed by atoms with Crippen LogP contribution in [0.25, 0.3) is 0 Å². The Bertz CT molecular complexity index is 841. The molecule has 6 heteroatoms. The Balaban J connectivity index is 1.87. The zero-order chi connectivity index (χ0) is 16.1. The van der Waals surface area contributed by atoms with Gasteiger partial charge >= 0.3 is 0 Å². The third kappa shape index (κ3) is 3.24. The van der Waals surface area contributed by atoms with E-state index in [9.17, 15) is 0 Å². The smallest absolute Gasteiger partial charge is 0.249 e. The first kappa shape index (κ1) is 14.5. The molecular formula is C17H14N6. The standard InChI is InChI=1S/C17H14N6/c1-23(14-8-3-2-4-9-14)16-12-19-22-17(21-16)20-15-10-6-5-7-13(15)11-18/h2-10,12H,1H3,(H,20,21,22). The summed E-state index contributed by atoms with van der Waals surface area (Å²) in [7, 11) is 1.91. The van der Waals surface area contributed by atoms with Gasteiger partial charge < -0.3 is 10.2 Å². The van der Waals surface area contributed by atoms with Gasteiger partial charge in [-0.15, -0.1) is 5.10 Å². The molecule has 0 spiro atoms. The summed E-state index contributed by atoms with van der Waals surface area (Å²) in [6.07, 6.45) is 1.59. The van der Waals surface area contributed by atoms with E-state index in [0.29, 0.717) is 23.0 Å². The van der Waals surface area contributed by atoms with Crippen molar-refractivity contribution in [2.75, 3.05) is 17.3 Å². The fraction of sp³-hybridized carbons (Fsp3) is 0.0588. The van der Waals surface area contributed by atoms with Crippen LogP contribution in [0.5, 0.6) is 0 Å². The molecule has 3 aromatic rings. The van der Waals surface area contributed by atoms with Crippen molar-refractivity contribution in [3.8, 4) is 6.07 Å². The Labute approximate surface area is 134 Å². The SMILES string of the molecule is CN(c1ccccc1)c1cnnc(Nc2ccccc2C#N)n1. The molecule has 0 amide bonds. The van der Waals surface area contributed by atoms with Gasteiger partial charge in [0.05, 0.1) is 17.4 Å². The Hall–Kier alpha value is -3.46. The van der Waals surface area contributed by atoms with Crippen LogP contribution in [0.4, 0.5) is 23.1 Å². The number of nitriles is 1. The maximum atomic E-state index is 9.13. The van der Waals surface area contributed by atoms with Crippen molar-refractivity contribution >= 4 is 23.1 Å². The molecule has 0 bridgehead atoms. The van der Waals surface area contributed by atoms with Crippen LogP contribution in [-0.4, -0.2) is 22.2 Å². The molecular weight excluding hydrogens is 288 g/mol. The summed E-state index contributed by atoms with van der Waals surface area (Å²) in [5.41, 5.74) is 2.17. The highest BCUT2D eigenvalue weighted by Crippen LogP contribution is 2.22. The lowest BCUT2D eigenvalue weighted by Gasteiger charge is -2.18. The van der Waals surface area contributed by atoms with Crippen LogP contribution >= 0.6 is 0 Å². The van der Waals surface area contributed by atoms with Gasteiger partial charge in [-0.05, 0) is 24.3 Å². The van der Waals surface area contributed by atoms with Crippen LogP contribution in [0.1, 0.15) is 5.56 Å². The molecule has 3 rings (SSSR count). The van der Waals surface area contributed by atoms with E-state index in [4.69, 9.17) is 5.26 Å². The van der Waals surface area contributed by atoms with Gasteiger partial charge in [0.15, 0.2) is 5.82 Å². The molecule has 6 nitrogen and oxygen atoms in total. The second kappa shape index (κ2) is 6.54. The number of hydrogen-bond acceptors (Lipinski definition) is 6. The number of rotatable bonds is 4. The van der Waals surface area contributed by atoms with E-state index in [2.05, 4.69) is 26.6 Å². The van der Waals surface area contributed by atoms with Gasteiger partial charge in [-0.3, -0.25) is 0 Å². The second-order valence-electron chi connectivity index (χ2n) is 4.82. The van der Waals surface area contributed by atoms with Crippen LogP contribution in [0, 0.1) is 11.3 Å². The lowest BCUT2D eigenvalue weighted by Crippen LogP contribution is -2.13. The molecule has 0 fully saturated rings. The van der Waals surface area contributed by atoms with Gasteiger partial charge in [0.25, 0.3) is 0 Å². The first-order valence-electron chi connectivity index (χ1n) is 7.02. The summed E-state index contributed by atoms with van der Waals surface area (Å²) in [6, 6.07) is 19.2. The van der Waals surface area contributed by atoms with Crippen LogP contribution in [0.3, 0.4) is 0 Å². The molecule has 0 unspecified atom stereocenters. The number of anilines is 4. The Kier molecular flexibility index (Phi) is 4.11. The molecule has 0 aliphatic carbocycles. The summed E-state index contributed by atoms with van der Waals surface area (Å²) in [4.78, 5) is 6.36. The molecule has 0 radical (unpaired) electrons. The van der Waals surface area contributed by atoms with Gasteiger partial charge in [-0.2, -0.15) is 15.3 Å². The highest BCUT2D eigenvalue weighted by Gasteiger charge is 2.09. The van der Waals surface area contributed by atoms with Gasteiger partial charge in [0, 0.05) is 12.7 Å². The lowest BCUT2D eigenvalue weighted by atomic mass is 10.2. The zero-order valence-electron chi connectivity index (χ0n) is 12.5. The minimum atomic E-state index is 0.341. The number of hydrogen-bond donors (Lipinski definition) is 1. The predicted molar refractivity (Wildman–Crippen MR) is 88.8 cm³/mol. The maximum absolute atomic E-state index is 9.13. The summed E-state index contributed by atoms with van der Waals surface area (Å²) >= 11 is 0. The monoisotopic (exact) mass is 302 g/mol. The molecule has 0 atom stereocenters. The van der Waals surface area contributed by atoms with Crippen LogP contribution in [0.15, 0.2) is 60.8 Å². The van der Waals surface area contributed by atoms with Crippen LogP contribution in [0.2, 0.25) is 0 Å². The Morgan fingerprint density at radius 1 is 1.04 bits per heavy atom. The third-order valence-electron chi connectivity index (χ3n) is 3.33. The van der Waals surface area contributed by atoms with Crippen molar-refractivity contribution in [2.24, 2.45) is 0 Å². The molecule has 0 aliphatic heterocycles. The summed E-state index contributed by atoms with van der Waals surface area (Å²) < 4.78 is 0. The van der Waals surface area contributed by atoms with Crippen LogP contribution in [-0.2, 0) is 0 Å². The average molecular weight is 302 g/mol. The topological polar surface area (TPSA) is 77.7 Å². The third-order valence-corrected chi connectivity index (χ3v) is 3.33. The number of nitrogens with one attached hydrogen (secondary N) is 1. The van der Waals surface area contributed by atoms with Gasteiger partial charge in [0.2, 0.25) is 5.95 Å². The highest BCUT2D eigenvalue weighted by molar-refractivity contribution is 5.64. The predicted octanol–water partition coefficient (Wildman–Crippen LogP) is 3.25. The fourth-order valence-electron chi connectivity index (χ4n) is 2.10. The molecule has 0 saturated carbocycles. The van der Waals surface area contributed by atoms with E-state index in [-0.39, 0.29) is 0 Å². The Morgan fingerprint density at radius 3 is 2.57 bits per heavy atom. The Morgan fingerprint density at radius 2 is 1.78 bits per heavy atom. The average Bonchev–Trinajstić information content (AvgIpc) is 2.62. The summed E-state index contributed by atoms with van der Waals surface area (Å²) in [6.45, 7) is 0. The summed E-state index contributed by atoms with van der Waals surface area (Å²) in [5, 5.41) is 20.1. The highest BCUT2D eigenvalue weighted by atomic mass is 15.3. The molecule has 0 aliphatic rings. The largest absolute Gasteiger partial charge is 0.328 e. The number of nitrogens with zero attached hydrogens (tertiary/aromatic N) is 5. The van der Waals surface area contributed by atoms with Crippen molar-refractivity contribution in [1.29, 1.82) is 5.26 Å². The van der Waals surface area contributed by atoms with Gasteiger partial charge in [0.1, 0.15) is 6.07 Å². The zero-order valence-corrected chi connectivity index (χ0v) is 12.5. The van der Waals surface area contributed by atoms with E-state index in [0.717, 1.165) is 5.69 Å². The van der Waals surface area contributed by atoms with Crippen molar-refractivity contribution in [3.05, 3.63) is 66.4 Å². The van der Waals surface area contributed by atoms with Gasteiger partial charge in [-0.1, -0.05) is 30.3 Å². The molecule has 1 aromatic heterocycles. The molecule has 112 valence electrons. The van der Waals surface area contributed by atoms with Crippen molar-refractivity contribution in [2.45, 2.75) is 0 Å². The summed E-state index contributed by atoms with van der Waals surface area (Å²) in [5.74, 6) is 0.996. The lowest BCUT2D eigenvalue weighted by molar-refractivity contribution is 0.957. The van der Waals surface area contributed by atoms with Crippen molar-refractivity contribution in [3.63, 3.8) is 0 Å². The quantitative estimate of drug-likeness (QED) is 0.797.